The highest BCUT2D eigenvalue weighted by Crippen LogP contribution is 2.19. The SMILES string of the molecule is CCCCCCCOc1ccc(OCc2ccccc2)cc1. The number of ether oxygens (including phenoxy) is 2. The van der Waals surface area contributed by atoms with Crippen LogP contribution in [0, 0.1) is 0 Å². The maximum Gasteiger partial charge on any atom is 0.120 e. The van der Waals surface area contributed by atoms with E-state index >= 15 is 0 Å². The second-order valence-electron chi connectivity index (χ2n) is 5.51. The first-order chi connectivity index (χ1) is 10.9. The lowest BCUT2D eigenvalue weighted by Gasteiger charge is -2.09. The lowest BCUT2D eigenvalue weighted by Crippen LogP contribution is -1.98. The molecule has 2 aromatic rings. The minimum Gasteiger partial charge on any atom is -0.494 e. The summed E-state index contributed by atoms with van der Waals surface area (Å²) >= 11 is 0. The summed E-state index contributed by atoms with van der Waals surface area (Å²) in [6, 6.07) is 18.1. The Bertz CT molecular complexity index is 505. The highest BCUT2D eigenvalue weighted by molar-refractivity contribution is 5.31. The highest BCUT2D eigenvalue weighted by Gasteiger charge is 1.98. The van der Waals surface area contributed by atoms with Crippen molar-refractivity contribution >= 4 is 0 Å². The Morgan fingerprint density at radius 1 is 0.682 bits per heavy atom. The van der Waals surface area contributed by atoms with Gasteiger partial charge in [0.2, 0.25) is 0 Å². The van der Waals surface area contributed by atoms with E-state index in [4.69, 9.17) is 9.47 Å². The minimum atomic E-state index is 0.596. The Morgan fingerprint density at radius 2 is 1.32 bits per heavy atom. The van der Waals surface area contributed by atoms with E-state index in [2.05, 4.69) is 19.1 Å². The van der Waals surface area contributed by atoms with Gasteiger partial charge >= 0.3 is 0 Å². The zero-order valence-corrected chi connectivity index (χ0v) is 13.5. The lowest BCUT2D eigenvalue weighted by molar-refractivity contribution is 0.297. The van der Waals surface area contributed by atoms with Gasteiger partial charge in [0.1, 0.15) is 18.1 Å². The van der Waals surface area contributed by atoms with Gasteiger partial charge in [-0.3, -0.25) is 0 Å². The molecule has 0 radical (unpaired) electrons. The number of unbranched alkanes of at least 4 members (excludes halogenated alkanes) is 4. The molecule has 2 heteroatoms. The molecule has 0 bridgehead atoms. The third kappa shape index (κ3) is 6.21. The first kappa shape index (κ1) is 16.4. The van der Waals surface area contributed by atoms with Crippen molar-refractivity contribution in [3.05, 3.63) is 60.2 Å². The summed E-state index contributed by atoms with van der Waals surface area (Å²) in [6.07, 6.45) is 6.31. The lowest BCUT2D eigenvalue weighted by atomic mass is 10.2. The average Bonchev–Trinajstić information content (AvgIpc) is 2.58. The van der Waals surface area contributed by atoms with E-state index in [1.165, 1.54) is 31.2 Å². The molecule has 0 aliphatic heterocycles. The van der Waals surface area contributed by atoms with Crippen LogP contribution >= 0.6 is 0 Å². The Kier molecular flexibility index (Phi) is 7.37. The molecular formula is C20H26O2. The molecule has 0 spiro atoms. The third-order valence-electron chi connectivity index (χ3n) is 3.59. The van der Waals surface area contributed by atoms with E-state index in [0.29, 0.717) is 6.61 Å². The summed E-state index contributed by atoms with van der Waals surface area (Å²) in [6.45, 7) is 3.63. The van der Waals surface area contributed by atoms with Crippen molar-refractivity contribution in [2.45, 2.75) is 45.6 Å². The van der Waals surface area contributed by atoms with Crippen molar-refractivity contribution in [2.75, 3.05) is 6.61 Å². The van der Waals surface area contributed by atoms with Crippen LogP contribution in [0.3, 0.4) is 0 Å². The van der Waals surface area contributed by atoms with Crippen molar-refractivity contribution < 1.29 is 9.47 Å². The van der Waals surface area contributed by atoms with Crippen molar-refractivity contribution in [3.63, 3.8) is 0 Å². The fourth-order valence-corrected chi connectivity index (χ4v) is 2.27. The molecule has 0 heterocycles. The van der Waals surface area contributed by atoms with Gasteiger partial charge < -0.3 is 9.47 Å². The van der Waals surface area contributed by atoms with Crippen LogP contribution in [0.4, 0.5) is 0 Å². The molecule has 22 heavy (non-hydrogen) atoms. The van der Waals surface area contributed by atoms with Gasteiger partial charge in [0.05, 0.1) is 6.61 Å². The van der Waals surface area contributed by atoms with Crippen molar-refractivity contribution in [2.24, 2.45) is 0 Å². The molecule has 0 saturated heterocycles. The molecule has 0 fully saturated rings. The highest BCUT2D eigenvalue weighted by atomic mass is 16.5. The molecule has 0 aliphatic carbocycles. The average molecular weight is 298 g/mol. The van der Waals surface area contributed by atoms with Gasteiger partial charge in [-0.2, -0.15) is 0 Å². The topological polar surface area (TPSA) is 18.5 Å². The van der Waals surface area contributed by atoms with E-state index in [1.807, 2.05) is 42.5 Å². The molecule has 0 atom stereocenters. The fraction of sp³-hybridized carbons (Fsp3) is 0.400. The van der Waals surface area contributed by atoms with Crippen molar-refractivity contribution in [3.8, 4) is 11.5 Å². The van der Waals surface area contributed by atoms with Crippen molar-refractivity contribution in [1.82, 2.24) is 0 Å². The first-order valence-corrected chi connectivity index (χ1v) is 8.28. The predicted molar refractivity (Wildman–Crippen MR) is 91.5 cm³/mol. The Morgan fingerprint density at radius 3 is 2.00 bits per heavy atom. The standard InChI is InChI=1S/C20H26O2/c1-2-3-4-5-9-16-21-19-12-14-20(15-13-19)22-17-18-10-7-6-8-11-18/h6-8,10-15H,2-5,9,16-17H2,1H3. The van der Waals surface area contributed by atoms with Crippen LogP contribution < -0.4 is 9.47 Å². The Hall–Kier alpha value is -1.96. The van der Waals surface area contributed by atoms with Crippen molar-refractivity contribution in [1.29, 1.82) is 0 Å². The van der Waals surface area contributed by atoms with Gasteiger partial charge in [0, 0.05) is 0 Å². The van der Waals surface area contributed by atoms with Crippen LogP contribution in [0.25, 0.3) is 0 Å². The molecule has 0 N–H and O–H groups in total. The maximum atomic E-state index is 5.76. The van der Waals surface area contributed by atoms with E-state index in [-0.39, 0.29) is 0 Å². The first-order valence-electron chi connectivity index (χ1n) is 8.28. The zero-order valence-electron chi connectivity index (χ0n) is 13.5. The summed E-state index contributed by atoms with van der Waals surface area (Å²) in [4.78, 5) is 0. The summed E-state index contributed by atoms with van der Waals surface area (Å²) in [7, 11) is 0. The van der Waals surface area contributed by atoms with E-state index < -0.39 is 0 Å². The molecule has 2 nitrogen and oxygen atoms in total. The number of benzene rings is 2. The molecule has 2 aromatic carbocycles. The van der Waals surface area contributed by atoms with Crippen LogP contribution in [0.1, 0.15) is 44.6 Å². The van der Waals surface area contributed by atoms with Crippen LogP contribution in [-0.2, 0) is 6.61 Å². The number of hydrogen-bond donors (Lipinski definition) is 0. The summed E-state index contributed by atoms with van der Waals surface area (Å²) < 4.78 is 11.5. The largest absolute Gasteiger partial charge is 0.494 e. The molecule has 0 saturated carbocycles. The van der Waals surface area contributed by atoms with Crippen LogP contribution in [0.15, 0.2) is 54.6 Å². The summed E-state index contributed by atoms with van der Waals surface area (Å²) in [5.74, 6) is 1.79. The van der Waals surface area contributed by atoms with E-state index in [1.54, 1.807) is 0 Å². The van der Waals surface area contributed by atoms with Crippen LogP contribution in [-0.4, -0.2) is 6.61 Å². The van der Waals surface area contributed by atoms with E-state index in [9.17, 15) is 0 Å². The Labute approximate surface area is 134 Å². The smallest absolute Gasteiger partial charge is 0.120 e. The molecule has 0 aromatic heterocycles. The van der Waals surface area contributed by atoms with Gasteiger partial charge in [-0.1, -0.05) is 62.9 Å². The quantitative estimate of drug-likeness (QED) is 0.530. The predicted octanol–water partition coefficient (Wildman–Crippen LogP) is 5.61. The molecule has 0 unspecified atom stereocenters. The molecule has 118 valence electrons. The Balaban J connectivity index is 1.67. The fourth-order valence-electron chi connectivity index (χ4n) is 2.27. The van der Waals surface area contributed by atoms with Gasteiger partial charge in [0.25, 0.3) is 0 Å². The number of rotatable bonds is 10. The summed E-state index contributed by atoms with van der Waals surface area (Å²) in [5, 5.41) is 0. The van der Waals surface area contributed by atoms with Gasteiger partial charge in [-0.25, -0.2) is 0 Å². The van der Waals surface area contributed by atoms with Gasteiger partial charge in [-0.15, -0.1) is 0 Å². The van der Waals surface area contributed by atoms with Crippen LogP contribution in [0.2, 0.25) is 0 Å². The third-order valence-corrected chi connectivity index (χ3v) is 3.59. The molecule has 0 amide bonds. The van der Waals surface area contributed by atoms with Gasteiger partial charge in [-0.05, 0) is 36.2 Å². The van der Waals surface area contributed by atoms with Gasteiger partial charge in [0.15, 0.2) is 0 Å². The zero-order chi connectivity index (χ0) is 15.5. The van der Waals surface area contributed by atoms with E-state index in [0.717, 1.165) is 24.5 Å². The maximum absolute atomic E-state index is 5.76. The second kappa shape index (κ2) is 9.88. The second-order valence-corrected chi connectivity index (χ2v) is 5.51. The molecule has 2 rings (SSSR count). The van der Waals surface area contributed by atoms with Crippen LogP contribution in [0.5, 0.6) is 11.5 Å². The summed E-state index contributed by atoms with van der Waals surface area (Å²) in [5.41, 5.74) is 1.18. The molecule has 0 aliphatic rings. The number of hydrogen-bond acceptors (Lipinski definition) is 2. The monoisotopic (exact) mass is 298 g/mol. The normalized spacial score (nSPS) is 10.4. The minimum absolute atomic E-state index is 0.596. The molecular weight excluding hydrogens is 272 g/mol.